The van der Waals surface area contributed by atoms with Crippen LogP contribution in [0.25, 0.3) is 10.2 Å². The van der Waals surface area contributed by atoms with Crippen molar-refractivity contribution in [3.63, 3.8) is 0 Å². The normalized spacial score (nSPS) is 12.3. The van der Waals surface area contributed by atoms with Crippen LogP contribution in [0.4, 0.5) is 13.2 Å². The molecule has 0 atom stereocenters. The molecule has 0 saturated carbocycles. The van der Waals surface area contributed by atoms with E-state index < -0.39 is 17.9 Å². The number of halogens is 3. The van der Waals surface area contributed by atoms with E-state index in [4.69, 9.17) is 5.11 Å². The number of fused-ring (bicyclic) bond motifs is 1. The Morgan fingerprint density at radius 2 is 2.00 bits per heavy atom. The van der Waals surface area contributed by atoms with Crippen molar-refractivity contribution in [3.8, 4) is 6.01 Å². The Kier molecular flexibility index (Phi) is 2.07. The van der Waals surface area contributed by atoms with E-state index in [0.29, 0.717) is 5.56 Å². The number of hydrogen-bond donors (Lipinski definition) is 1. The fraction of sp³-hybridized carbons (Fsp3) is 0.250. The van der Waals surface area contributed by atoms with Gasteiger partial charge in [0.25, 0.3) is 0 Å². The van der Waals surface area contributed by atoms with Gasteiger partial charge in [0.2, 0.25) is 0 Å². The number of rotatable bonds is 0. The van der Waals surface area contributed by atoms with Crippen molar-refractivity contribution in [2.75, 3.05) is 0 Å². The molecule has 7 heteroatoms. The van der Waals surface area contributed by atoms with E-state index in [1.54, 1.807) is 12.3 Å². The Hall–Kier alpha value is -1.37. The van der Waals surface area contributed by atoms with Gasteiger partial charge in [0.05, 0.1) is 10.2 Å². The van der Waals surface area contributed by atoms with Crippen LogP contribution in [0, 0.1) is 6.92 Å². The topological polar surface area (TPSA) is 46.0 Å². The van der Waals surface area contributed by atoms with Crippen LogP contribution < -0.4 is 0 Å². The van der Waals surface area contributed by atoms with Gasteiger partial charge >= 0.3 is 12.2 Å². The van der Waals surface area contributed by atoms with Gasteiger partial charge in [0, 0.05) is 0 Å². The number of aromatic hydroxyl groups is 1. The van der Waals surface area contributed by atoms with Crippen molar-refractivity contribution in [1.82, 2.24) is 9.97 Å². The number of aryl methyl sites for hydroxylation is 1. The second-order valence-electron chi connectivity index (χ2n) is 2.97. The fourth-order valence-electron chi connectivity index (χ4n) is 1.21. The highest BCUT2D eigenvalue weighted by molar-refractivity contribution is 7.17. The summed E-state index contributed by atoms with van der Waals surface area (Å²) in [6.45, 7) is 1.63. The molecule has 2 rings (SSSR count). The summed E-state index contributed by atoms with van der Waals surface area (Å²) in [5.74, 6) is 0. The van der Waals surface area contributed by atoms with Crippen LogP contribution in [0.2, 0.25) is 0 Å². The molecule has 0 amide bonds. The lowest BCUT2D eigenvalue weighted by Gasteiger charge is -2.06. The van der Waals surface area contributed by atoms with Gasteiger partial charge in [0.15, 0.2) is 5.69 Å². The Bertz CT molecular complexity index is 520. The first kappa shape index (κ1) is 10.2. The summed E-state index contributed by atoms with van der Waals surface area (Å²) in [5, 5.41) is 10.5. The molecule has 0 spiro atoms. The van der Waals surface area contributed by atoms with Gasteiger partial charge in [-0.1, -0.05) is 0 Å². The third-order valence-electron chi connectivity index (χ3n) is 1.85. The monoisotopic (exact) mass is 234 g/mol. The van der Waals surface area contributed by atoms with Gasteiger partial charge in [-0.05, 0) is 17.9 Å². The molecule has 80 valence electrons. The minimum Gasteiger partial charge on any atom is -0.479 e. The summed E-state index contributed by atoms with van der Waals surface area (Å²) >= 11 is 0.920. The van der Waals surface area contributed by atoms with Crippen LogP contribution in [-0.4, -0.2) is 15.1 Å². The molecule has 0 unspecified atom stereocenters. The molecule has 0 saturated heterocycles. The molecule has 2 heterocycles. The fourth-order valence-corrected chi connectivity index (χ4v) is 2.21. The maximum Gasteiger partial charge on any atom is 0.435 e. The van der Waals surface area contributed by atoms with Crippen LogP contribution in [0.1, 0.15) is 11.3 Å². The van der Waals surface area contributed by atoms with Gasteiger partial charge < -0.3 is 5.11 Å². The predicted molar refractivity (Wildman–Crippen MR) is 48.8 cm³/mol. The molecular formula is C8H5F3N2OS. The van der Waals surface area contributed by atoms with Gasteiger partial charge in [-0.25, -0.2) is 0 Å². The van der Waals surface area contributed by atoms with E-state index in [-0.39, 0.29) is 10.2 Å². The Morgan fingerprint density at radius 1 is 1.33 bits per heavy atom. The first-order chi connectivity index (χ1) is 6.89. The van der Waals surface area contributed by atoms with Crippen LogP contribution in [-0.2, 0) is 6.18 Å². The zero-order chi connectivity index (χ0) is 11.2. The minimum absolute atomic E-state index is 0.0437. The van der Waals surface area contributed by atoms with Crippen molar-refractivity contribution in [3.05, 3.63) is 16.6 Å². The number of aromatic nitrogens is 2. The van der Waals surface area contributed by atoms with E-state index in [9.17, 15) is 13.2 Å². The second-order valence-corrected chi connectivity index (χ2v) is 3.85. The first-order valence-corrected chi connectivity index (χ1v) is 4.79. The maximum absolute atomic E-state index is 12.5. The number of alkyl halides is 3. The SMILES string of the molecule is Cc1csc2c(C(F)(F)F)nc(O)nc12. The van der Waals surface area contributed by atoms with Gasteiger partial charge in [-0.3, -0.25) is 0 Å². The van der Waals surface area contributed by atoms with Gasteiger partial charge in [-0.15, -0.1) is 11.3 Å². The molecule has 2 aromatic rings. The first-order valence-electron chi connectivity index (χ1n) is 3.91. The number of nitrogens with zero attached hydrogens (tertiary/aromatic N) is 2. The lowest BCUT2D eigenvalue weighted by molar-refractivity contribution is -0.140. The average molecular weight is 234 g/mol. The van der Waals surface area contributed by atoms with Crippen molar-refractivity contribution < 1.29 is 18.3 Å². The summed E-state index contributed by atoms with van der Waals surface area (Å²) in [5.41, 5.74) is -0.332. The third-order valence-corrected chi connectivity index (χ3v) is 2.94. The van der Waals surface area contributed by atoms with E-state index in [1.807, 2.05) is 0 Å². The molecule has 0 aliphatic rings. The molecular weight excluding hydrogens is 229 g/mol. The Labute approximate surface area is 86.2 Å². The van der Waals surface area contributed by atoms with E-state index in [2.05, 4.69) is 9.97 Å². The molecule has 1 N–H and O–H groups in total. The second kappa shape index (κ2) is 3.06. The van der Waals surface area contributed by atoms with Crippen LogP contribution in [0.3, 0.4) is 0 Å². The lowest BCUT2D eigenvalue weighted by Crippen LogP contribution is -2.08. The molecule has 0 aromatic carbocycles. The number of hydrogen-bond acceptors (Lipinski definition) is 4. The predicted octanol–water partition coefficient (Wildman–Crippen LogP) is 2.72. The maximum atomic E-state index is 12.5. The van der Waals surface area contributed by atoms with Crippen LogP contribution in [0.5, 0.6) is 6.01 Å². The molecule has 3 nitrogen and oxygen atoms in total. The molecule has 0 radical (unpaired) electrons. The molecule has 2 aromatic heterocycles. The zero-order valence-corrected chi connectivity index (χ0v) is 8.28. The molecule has 0 fully saturated rings. The average Bonchev–Trinajstić information content (AvgIpc) is 2.45. The van der Waals surface area contributed by atoms with Crippen LogP contribution in [0.15, 0.2) is 5.38 Å². The summed E-state index contributed by atoms with van der Waals surface area (Å²) < 4.78 is 37.5. The Morgan fingerprint density at radius 3 is 2.60 bits per heavy atom. The van der Waals surface area contributed by atoms with Crippen molar-refractivity contribution in [2.45, 2.75) is 13.1 Å². The van der Waals surface area contributed by atoms with Crippen molar-refractivity contribution in [2.24, 2.45) is 0 Å². The molecule has 15 heavy (non-hydrogen) atoms. The highest BCUT2D eigenvalue weighted by atomic mass is 32.1. The summed E-state index contributed by atoms with van der Waals surface area (Å²) in [7, 11) is 0. The van der Waals surface area contributed by atoms with Gasteiger partial charge in [-0.2, -0.15) is 23.1 Å². The van der Waals surface area contributed by atoms with E-state index in [0.717, 1.165) is 11.3 Å². The molecule has 0 aliphatic heterocycles. The van der Waals surface area contributed by atoms with Gasteiger partial charge in [0.1, 0.15) is 0 Å². The van der Waals surface area contributed by atoms with Crippen LogP contribution >= 0.6 is 11.3 Å². The summed E-state index contributed by atoms with van der Waals surface area (Å²) in [4.78, 5) is 6.58. The highest BCUT2D eigenvalue weighted by Crippen LogP contribution is 2.37. The Balaban J connectivity index is 2.84. The quantitative estimate of drug-likeness (QED) is 0.762. The highest BCUT2D eigenvalue weighted by Gasteiger charge is 2.36. The minimum atomic E-state index is -4.57. The summed E-state index contributed by atoms with van der Waals surface area (Å²) in [6, 6.07) is -0.851. The van der Waals surface area contributed by atoms with Crippen molar-refractivity contribution in [1.29, 1.82) is 0 Å². The molecule has 0 bridgehead atoms. The smallest absolute Gasteiger partial charge is 0.435 e. The van der Waals surface area contributed by atoms with E-state index in [1.165, 1.54) is 0 Å². The lowest BCUT2D eigenvalue weighted by atomic mass is 10.3. The van der Waals surface area contributed by atoms with Crippen molar-refractivity contribution >= 4 is 21.6 Å². The van der Waals surface area contributed by atoms with E-state index >= 15 is 0 Å². The number of thiophene rings is 1. The molecule has 0 aliphatic carbocycles. The third kappa shape index (κ3) is 1.63. The standard InChI is InChI=1S/C8H5F3N2OS/c1-3-2-15-5-4(3)12-7(14)13-6(5)8(9,10)11/h2H,1H3,(H,12,13,14). The largest absolute Gasteiger partial charge is 0.479 e. The zero-order valence-electron chi connectivity index (χ0n) is 7.46. The summed E-state index contributed by atoms with van der Waals surface area (Å²) in [6.07, 6.45) is -4.57.